The van der Waals surface area contributed by atoms with Crippen molar-refractivity contribution < 1.29 is 4.79 Å². The smallest absolute Gasteiger partial charge is 0.234 e. The molecule has 132 valence electrons. The molecule has 1 heterocycles. The standard InChI is InChI=1S/C20H26N4O/c1-20(18(25)24(4)14-15-9-6-5-7-10-15)12-8-11-16-13-21-19(23(2)3)22-17(16)20/h5-7,9-10,13H,8,11-12,14H2,1-4H3. The molecule has 0 aliphatic heterocycles. The highest BCUT2D eigenvalue weighted by Gasteiger charge is 2.42. The van der Waals surface area contributed by atoms with E-state index in [4.69, 9.17) is 4.98 Å². The van der Waals surface area contributed by atoms with Crippen LogP contribution in [0.1, 0.15) is 36.6 Å². The largest absolute Gasteiger partial charge is 0.347 e. The van der Waals surface area contributed by atoms with Crippen molar-refractivity contribution in [3.63, 3.8) is 0 Å². The van der Waals surface area contributed by atoms with Crippen LogP contribution >= 0.6 is 0 Å². The molecule has 1 unspecified atom stereocenters. The van der Waals surface area contributed by atoms with Gasteiger partial charge < -0.3 is 9.80 Å². The minimum atomic E-state index is -0.592. The highest BCUT2D eigenvalue weighted by atomic mass is 16.2. The van der Waals surface area contributed by atoms with E-state index in [1.54, 1.807) is 0 Å². The van der Waals surface area contributed by atoms with Gasteiger partial charge in [0, 0.05) is 33.9 Å². The Morgan fingerprint density at radius 2 is 1.92 bits per heavy atom. The van der Waals surface area contributed by atoms with Gasteiger partial charge in [-0.25, -0.2) is 9.97 Å². The molecule has 1 aromatic heterocycles. The third-order valence-corrected chi connectivity index (χ3v) is 4.98. The van der Waals surface area contributed by atoms with Crippen LogP contribution in [0.15, 0.2) is 36.5 Å². The first-order valence-corrected chi connectivity index (χ1v) is 8.75. The van der Waals surface area contributed by atoms with E-state index in [2.05, 4.69) is 4.98 Å². The molecule has 1 aliphatic carbocycles. The number of amides is 1. The van der Waals surface area contributed by atoms with E-state index in [0.717, 1.165) is 36.1 Å². The Labute approximate surface area is 149 Å². The molecule has 0 saturated heterocycles. The summed E-state index contributed by atoms with van der Waals surface area (Å²) in [6.45, 7) is 2.64. The van der Waals surface area contributed by atoms with E-state index in [0.29, 0.717) is 12.5 Å². The summed E-state index contributed by atoms with van der Waals surface area (Å²) in [5.41, 5.74) is 2.53. The molecule has 1 aromatic carbocycles. The number of rotatable bonds is 4. The van der Waals surface area contributed by atoms with Gasteiger partial charge in [-0.05, 0) is 37.3 Å². The fourth-order valence-electron chi connectivity index (χ4n) is 3.58. The lowest BCUT2D eigenvalue weighted by Crippen LogP contribution is -2.45. The summed E-state index contributed by atoms with van der Waals surface area (Å²) < 4.78 is 0. The third-order valence-electron chi connectivity index (χ3n) is 4.98. The summed E-state index contributed by atoms with van der Waals surface area (Å²) in [7, 11) is 5.72. The summed E-state index contributed by atoms with van der Waals surface area (Å²) in [6.07, 6.45) is 4.63. The number of likely N-dealkylation sites (N-methyl/N-ethyl adjacent to an activating group) is 1. The zero-order chi connectivity index (χ0) is 18.0. The van der Waals surface area contributed by atoms with Crippen LogP contribution < -0.4 is 4.90 Å². The van der Waals surface area contributed by atoms with E-state index < -0.39 is 5.41 Å². The molecule has 0 radical (unpaired) electrons. The topological polar surface area (TPSA) is 49.3 Å². The second-order valence-corrected chi connectivity index (χ2v) is 7.27. The molecular weight excluding hydrogens is 312 g/mol. The Kier molecular flexibility index (Phi) is 4.75. The first kappa shape index (κ1) is 17.4. The van der Waals surface area contributed by atoms with Gasteiger partial charge in [0.05, 0.1) is 11.1 Å². The summed E-state index contributed by atoms with van der Waals surface area (Å²) in [4.78, 5) is 26.2. The number of aryl methyl sites for hydroxylation is 1. The van der Waals surface area contributed by atoms with Crippen LogP contribution in [0.25, 0.3) is 0 Å². The van der Waals surface area contributed by atoms with Gasteiger partial charge in [-0.3, -0.25) is 4.79 Å². The van der Waals surface area contributed by atoms with E-state index in [1.807, 2.05) is 74.4 Å². The Morgan fingerprint density at radius 3 is 2.60 bits per heavy atom. The minimum Gasteiger partial charge on any atom is -0.347 e. The maximum absolute atomic E-state index is 13.3. The van der Waals surface area contributed by atoms with Crippen LogP contribution in [0.5, 0.6) is 0 Å². The van der Waals surface area contributed by atoms with Gasteiger partial charge in [0.25, 0.3) is 0 Å². The van der Waals surface area contributed by atoms with Crippen LogP contribution in [-0.2, 0) is 23.2 Å². The van der Waals surface area contributed by atoms with Crippen molar-refractivity contribution in [2.75, 3.05) is 26.0 Å². The molecule has 0 spiro atoms. The maximum Gasteiger partial charge on any atom is 0.234 e. The third kappa shape index (κ3) is 3.36. The molecule has 0 bridgehead atoms. The molecule has 0 saturated carbocycles. The highest BCUT2D eigenvalue weighted by molar-refractivity contribution is 5.88. The van der Waals surface area contributed by atoms with E-state index >= 15 is 0 Å². The second-order valence-electron chi connectivity index (χ2n) is 7.27. The monoisotopic (exact) mass is 338 g/mol. The summed E-state index contributed by atoms with van der Waals surface area (Å²) in [5.74, 6) is 0.783. The number of anilines is 1. The average molecular weight is 338 g/mol. The van der Waals surface area contributed by atoms with Gasteiger partial charge >= 0.3 is 0 Å². The molecule has 1 aliphatic rings. The minimum absolute atomic E-state index is 0.126. The molecular formula is C20H26N4O. The zero-order valence-corrected chi connectivity index (χ0v) is 15.5. The number of fused-ring (bicyclic) bond motifs is 1. The van der Waals surface area contributed by atoms with Gasteiger partial charge in [-0.1, -0.05) is 30.3 Å². The first-order valence-electron chi connectivity index (χ1n) is 8.75. The average Bonchev–Trinajstić information content (AvgIpc) is 2.62. The number of carbonyl (C=O) groups excluding carboxylic acids is 1. The molecule has 2 aromatic rings. The summed E-state index contributed by atoms with van der Waals surface area (Å²) >= 11 is 0. The van der Waals surface area contributed by atoms with Crippen molar-refractivity contribution >= 4 is 11.9 Å². The first-order chi connectivity index (χ1) is 11.9. The lowest BCUT2D eigenvalue weighted by Gasteiger charge is -2.36. The van der Waals surface area contributed by atoms with Gasteiger partial charge in [-0.15, -0.1) is 0 Å². The predicted molar refractivity (Wildman–Crippen MR) is 99.6 cm³/mol. The zero-order valence-electron chi connectivity index (χ0n) is 15.5. The lowest BCUT2D eigenvalue weighted by atomic mass is 9.73. The molecule has 5 nitrogen and oxygen atoms in total. The molecule has 25 heavy (non-hydrogen) atoms. The number of nitrogens with zero attached hydrogens (tertiary/aromatic N) is 4. The Hall–Kier alpha value is -2.43. The fraction of sp³-hybridized carbons (Fsp3) is 0.450. The van der Waals surface area contributed by atoms with E-state index in [-0.39, 0.29) is 5.91 Å². The normalized spacial score (nSPS) is 19.2. The highest BCUT2D eigenvalue weighted by Crippen LogP contribution is 2.38. The van der Waals surface area contributed by atoms with Crippen LogP contribution in [0.3, 0.4) is 0 Å². The van der Waals surface area contributed by atoms with Crippen molar-refractivity contribution in [1.82, 2.24) is 14.9 Å². The molecule has 3 rings (SSSR count). The predicted octanol–water partition coefficient (Wildman–Crippen LogP) is 2.80. The number of benzene rings is 1. The van der Waals surface area contributed by atoms with E-state index in [9.17, 15) is 4.79 Å². The van der Waals surface area contributed by atoms with Crippen molar-refractivity contribution in [1.29, 1.82) is 0 Å². The van der Waals surface area contributed by atoms with Gasteiger partial charge in [0.15, 0.2) is 0 Å². The number of hydrogen-bond acceptors (Lipinski definition) is 4. The molecule has 1 atom stereocenters. The lowest BCUT2D eigenvalue weighted by molar-refractivity contribution is -0.136. The second kappa shape index (κ2) is 6.82. The summed E-state index contributed by atoms with van der Waals surface area (Å²) in [6, 6.07) is 10.1. The van der Waals surface area contributed by atoms with Crippen LogP contribution in [-0.4, -0.2) is 41.9 Å². The van der Waals surface area contributed by atoms with Crippen LogP contribution in [0.2, 0.25) is 0 Å². The number of carbonyl (C=O) groups is 1. The SMILES string of the molecule is CN(Cc1ccccc1)C(=O)C1(C)CCCc2cnc(N(C)C)nc21. The van der Waals surface area contributed by atoms with Crippen molar-refractivity contribution in [2.24, 2.45) is 0 Å². The molecule has 0 fully saturated rings. The number of aromatic nitrogens is 2. The van der Waals surface area contributed by atoms with Crippen molar-refractivity contribution in [3.05, 3.63) is 53.3 Å². The van der Waals surface area contributed by atoms with Gasteiger partial charge in [-0.2, -0.15) is 0 Å². The molecule has 5 heteroatoms. The van der Waals surface area contributed by atoms with Crippen molar-refractivity contribution in [2.45, 2.75) is 38.1 Å². The molecule has 1 amide bonds. The van der Waals surface area contributed by atoms with Crippen molar-refractivity contribution in [3.8, 4) is 0 Å². The molecule has 0 N–H and O–H groups in total. The number of hydrogen-bond donors (Lipinski definition) is 0. The summed E-state index contributed by atoms with van der Waals surface area (Å²) in [5, 5.41) is 0. The quantitative estimate of drug-likeness (QED) is 0.860. The van der Waals surface area contributed by atoms with Gasteiger partial charge in [0.1, 0.15) is 0 Å². The van der Waals surface area contributed by atoms with Crippen LogP contribution in [0, 0.1) is 0 Å². The maximum atomic E-state index is 13.3. The Bertz CT molecular complexity index is 760. The Morgan fingerprint density at radius 1 is 1.20 bits per heavy atom. The Balaban J connectivity index is 1.91. The fourth-order valence-corrected chi connectivity index (χ4v) is 3.58. The van der Waals surface area contributed by atoms with Gasteiger partial charge in [0.2, 0.25) is 11.9 Å². The van der Waals surface area contributed by atoms with Crippen LogP contribution in [0.4, 0.5) is 5.95 Å². The van der Waals surface area contributed by atoms with E-state index in [1.165, 1.54) is 0 Å².